The van der Waals surface area contributed by atoms with Crippen molar-refractivity contribution >= 4 is 5.65 Å². The molecule has 0 spiro atoms. The fraction of sp³-hybridized carbons (Fsp3) is 0.538. The Morgan fingerprint density at radius 2 is 2.18 bits per heavy atom. The van der Waals surface area contributed by atoms with Crippen molar-refractivity contribution < 1.29 is 0 Å². The number of aromatic nitrogens is 3. The van der Waals surface area contributed by atoms with Gasteiger partial charge < -0.3 is 0 Å². The lowest BCUT2D eigenvalue weighted by molar-refractivity contribution is 0.179. The Labute approximate surface area is 101 Å². The third kappa shape index (κ3) is 1.93. The minimum absolute atomic E-state index is 0.393. The minimum Gasteiger partial charge on any atom is -0.296 e. The molecule has 1 unspecified atom stereocenters. The molecule has 0 radical (unpaired) electrons. The summed E-state index contributed by atoms with van der Waals surface area (Å²) < 4.78 is 1.90. The SMILES string of the molecule is Cc1ccc2nc(C3CCCCN3C)nn2c1. The Morgan fingerprint density at radius 1 is 1.29 bits per heavy atom. The zero-order chi connectivity index (χ0) is 11.8. The molecule has 4 nitrogen and oxygen atoms in total. The van der Waals surface area contributed by atoms with E-state index in [4.69, 9.17) is 0 Å². The third-order valence-corrected chi connectivity index (χ3v) is 3.56. The molecule has 0 amide bonds. The van der Waals surface area contributed by atoms with Crippen LogP contribution in [-0.4, -0.2) is 33.1 Å². The predicted molar refractivity (Wildman–Crippen MR) is 66.9 cm³/mol. The highest BCUT2D eigenvalue weighted by molar-refractivity contribution is 5.38. The van der Waals surface area contributed by atoms with Crippen LogP contribution >= 0.6 is 0 Å². The van der Waals surface area contributed by atoms with Gasteiger partial charge >= 0.3 is 0 Å². The molecule has 0 N–H and O–H groups in total. The van der Waals surface area contributed by atoms with Gasteiger partial charge in [-0.3, -0.25) is 4.90 Å². The van der Waals surface area contributed by atoms with E-state index >= 15 is 0 Å². The molecule has 1 saturated heterocycles. The van der Waals surface area contributed by atoms with Crippen LogP contribution in [0.1, 0.15) is 36.7 Å². The highest BCUT2D eigenvalue weighted by Gasteiger charge is 2.24. The molecule has 90 valence electrons. The first kappa shape index (κ1) is 10.7. The number of fused-ring (bicyclic) bond motifs is 1. The Balaban J connectivity index is 1.99. The van der Waals surface area contributed by atoms with Crippen molar-refractivity contribution in [2.75, 3.05) is 13.6 Å². The van der Waals surface area contributed by atoms with Crippen LogP contribution in [-0.2, 0) is 0 Å². The van der Waals surface area contributed by atoms with Crippen LogP contribution in [0.3, 0.4) is 0 Å². The van der Waals surface area contributed by atoms with Gasteiger partial charge in [0.05, 0.1) is 6.04 Å². The van der Waals surface area contributed by atoms with Crippen LogP contribution in [0.15, 0.2) is 18.3 Å². The maximum absolute atomic E-state index is 4.64. The standard InChI is InChI=1S/C13H18N4/c1-10-6-7-12-14-13(15-17(12)9-10)11-5-3-4-8-16(11)2/h6-7,9,11H,3-5,8H2,1-2H3. The van der Waals surface area contributed by atoms with Gasteiger partial charge in [0.25, 0.3) is 0 Å². The van der Waals surface area contributed by atoms with Crippen molar-refractivity contribution in [3.8, 4) is 0 Å². The summed E-state index contributed by atoms with van der Waals surface area (Å²) in [7, 11) is 2.17. The lowest BCUT2D eigenvalue weighted by Gasteiger charge is -2.30. The molecule has 1 fully saturated rings. The summed E-state index contributed by atoms with van der Waals surface area (Å²) in [6.07, 6.45) is 5.78. The molecular weight excluding hydrogens is 212 g/mol. The molecule has 2 aromatic heterocycles. The topological polar surface area (TPSA) is 33.4 Å². The first-order valence-corrected chi connectivity index (χ1v) is 6.27. The van der Waals surface area contributed by atoms with Crippen LogP contribution in [0.2, 0.25) is 0 Å². The molecule has 1 atom stereocenters. The number of nitrogens with zero attached hydrogens (tertiary/aromatic N) is 4. The summed E-state index contributed by atoms with van der Waals surface area (Å²) in [4.78, 5) is 7.00. The number of hydrogen-bond donors (Lipinski definition) is 0. The van der Waals surface area contributed by atoms with Gasteiger partial charge in [0.15, 0.2) is 11.5 Å². The largest absolute Gasteiger partial charge is 0.296 e. The summed E-state index contributed by atoms with van der Waals surface area (Å²) in [6.45, 7) is 3.23. The molecule has 3 rings (SSSR count). The molecule has 0 aromatic carbocycles. The van der Waals surface area contributed by atoms with Gasteiger partial charge in [-0.1, -0.05) is 12.5 Å². The van der Waals surface area contributed by atoms with Crippen molar-refractivity contribution in [2.45, 2.75) is 32.2 Å². The second-order valence-electron chi connectivity index (χ2n) is 4.97. The van der Waals surface area contributed by atoms with Crippen LogP contribution < -0.4 is 0 Å². The molecule has 0 bridgehead atoms. The van der Waals surface area contributed by atoms with E-state index in [1.165, 1.54) is 24.8 Å². The van der Waals surface area contributed by atoms with Crippen molar-refractivity contribution in [1.29, 1.82) is 0 Å². The van der Waals surface area contributed by atoms with Crippen LogP contribution in [0, 0.1) is 6.92 Å². The van der Waals surface area contributed by atoms with Gasteiger partial charge in [0.2, 0.25) is 0 Å². The van der Waals surface area contributed by atoms with E-state index in [9.17, 15) is 0 Å². The molecule has 17 heavy (non-hydrogen) atoms. The van der Waals surface area contributed by atoms with Gasteiger partial charge in [-0.15, -0.1) is 5.10 Å². The fourth-order valence-electron chi connectivity index (χ4n) is 2.55. The highest BCUT2D eigenvalue weighted by Crippen LogP contribution is 2.27. The third-order valence-electron chi connectivity index (χ3n) is 3.56. The van der Waals surface area contributed by atoms with Gasteiger partial charge in [-0.05, 0) is 45.0 Å². The van der Waals surface area contributed by atoms with E-state index in [1.807, 2.05) is 16.8 Å². The normalized spacial score (nSPS) is 22.1. The molecule has 1 aliphatic heterocycles. The summed E-state index contributed by atoms with van der Waals surface area (Å²) in [5.74, 6) is 0.970. The van der Waals surface area contributed by atoms with Gasteiger partial charge in [-0.25, -0.2) is 9.50 Å². The zero-order valence-electron chi connectivity index (χ0n) is 10.4. The molecule has 0 saturated carbocycles. The van der Waals surface area contributed by atoms with Crippen LogP contribution in [0.5, 0.6) is 0 Å². The number of likely N-dealkylation sites (tertiary alicyclic amines) is 1. The monoisotopic (exact) mass is 230 g/mol. The Hall–Kier alpha value is -1.42. The molecule has 4 heteroatoms. The Bertz CT molecular complexity index is 531. The maximum Gasteiger partial charge on any atom is 0.168 e. The second-order valence-corrected chi connectivity index (χ2v) is 4.97. The lowest BCUT2D eigenvalue weighted by atomic mass is 10.0. The molecule has 1 aliphatic rings. The average molecular weight is 230 g/mol. The second kappa shape index (κ2) is 4.11. The van der Waals surface area contributed by atoms with E-state index in [1.54, 1.807) is 0 Å². The quantitative estimate of drug-likeness (QED) is 0.753. The van der Waals surface area contributed by atoms with E-state index < -0.39 is 0 Å². The first-order valence-electron chi connectivity index (χ1n) is 6.27. The van der Waals surface area contributed by atoms with Gasteiger partial charge in [-0.2, -0.15) is 0 Å². The van der Waals surface area contributed by atoms with E-state index in [-0.39, 0.29) is 0 Å². The van der Waals surface area contributed by atoms with Crippen molar-refractivity contribution in [3.05, 3.63) is 29.7 Å². The van der Waals surface area contributed by atoms with Crippen LogP contribution in [0.4, 0.5) is 0 Å². The predicted octanol–water partition coefficient (Wildman–Crippen LogP) is 2.19. The average Bonchev–Trinajstić information content (AvgIpc) is 2.72. The highest BCUT2D eigenvalue weighted by atomic mass is 15.3. The Kier molecular flexibility index (Phi) is 2.59. The summed E-state index contributed by atoms with van der Waals surface area (Å²) >= 11 is 0. The molecular formula is C13H18N4. The van der Waals surface area contributed by atoms with Crippen molar-refractivity contribution in [2.24, 2.45) is 0 Å². The van der Waals surface area contributed by atoms with Crippen LogP contribution in [0.25, 0.3) is 5.65 Å². The molecule has 2 aromatic rings. The number of hydrogen-bond acceptors (Lipinski definition) is 3. The lowest BCUT2D eigenvalue weighted by Crippen LogP contribution is -2.30. The summed E-state index contributed by atoms with van der Waals surface area (Å²) in [5, 5.41) is 4.61. The van der Waals surface area contributed by atoms with E-state index in [2.05, 4.69) is 35.0 Å². The smallest absolute Gasteiger partial charge is 0.168 e. The number of aryl methyl sites for hydroxylation is 1. The van der Waals surface area contributed by atoms with Crippen molar-refractivity contribution in [3.63, 3.8) is 0 Å². The molecule has 3 heterocycles. The fourth-order valence-corrected chi connectivity index (χ4v) is 2.55. The Morgan fingerprint density at radius 3 is 3.00 bits per heavy atom. The number of piperidine rings is 1. The van der Waals surface area contributed by atoms with E-state index in [0.717, 1.165) is 18.0 Å². The minimum atomic E-state index is 0.393. The van der Waals surface area contributed by atoms with Gasteiger partial charge in [0, 0.05) is 6.20 Å². The summed E-state index contributed by atoms with van der Waals surface area (Å²) in [6, 6.07) is 4.51. The van der Waals surface area contributed by atoms with Gasteiger partial charge in [0.1, 0.15) is 0 Å². The zero-order valence-corrected chi connectivity index (χ0v) is 10.4. The maximum atomic E-state index is 4.64. The number of pyridine rings is 1. The number of rotatable bonds is 1. The molecule has 0 aliphatic carbocycles. The summed E-state index contributed by atoms with van der Waals surface area (Å²) in [5.41, 5.74) is 2.16. The first-order chi connectivity index (χ1) is 8.24. The van der Waals surface area contributed by atoms with Crippen molar-refractivity contribution in [1.82, 2.24) is 19.5 Å². The van der Waals surface area contributed by atoms with E-state index in [0.29, 0.717) is 6.04 Å².